The monoisotopic (exact) mass is 712 g/mol. The largest absolute Gasteiger partial charge is 0.477 e. The summed E-state index contributed by atoms with van der Waals surface area (Å²) in [5.74, 6) is -46.7. The van der Waals surface area contributed by atoms with Crippen LogP contribution < -0.4 is 0 Å². The van der Waals surface area contributed by atoms with Crippen LogP contribution in [0, 0.1) is 0 Å². The van der Waals surface area contributed by atoms with E-state index in [0.29, 0.717) is 0 Å². The fraction of sp³-hybridized carbons (Fsp3) is 0.923. The molecule has 5 nitrogen and oxygen atoms in total. The zero-order valence-corrected chi connectivity index (χ0v) is 18.0. The maximum Gasteiger partial charge on any atom is 0.462 e. The van der Waals surface area contributed by atoms with Gasteiger partial charge in [0.2, 0.25) is 0 Å². The predicted molar refractivity (Wildman–Crippen MR) is 71.4 cm³/mol. The minimum absolute atomic E-state index is 0.916. The second kappa shape index (κ2) is 10.3. The summed E-state index contributed by atoms with van der Waals surface area (Å²) in [6.45, 7) is 0. The Morgan fingerprint density at radius 1 is 0.372 bits per heavy atom. The molecule has 0 aliphatic carbocycles. The van der Waals surface area contributed by atoms with Crippen molar-refractivity contribution in [2.45, 2.75) is 72.4 Å². The van der Waals surface area contributed by atoms with Gasteiger partial charge in [0.25, 0.3) is 0 Å². The molecule has 0 spiro atoms. The Morgan fingerprint density at radius 2 is 0.605 bits per heavy atom. The van der Waals surface area contributed by atoms with E-state index in [1.54, 1.807) is 0 Å². The van der Waals surface area contributed by atoms with Gasteiger partial charge in [-0.1, -0.05) is 0 Å². The summed E-state index contributed by atoms with van der Waals surface area (Å²) >= 11 is 0. The van der Waals surface area contributed by atoms with Crippen molar-refractivity contribution in [2.75, 3.05) is 0 Å². The summed E-state index contributed by atoms with van der Waals surface area (Å²) in [6.07, 6.45) is -59.5. The molecule has 0 aromatic heterocycles. The highest BCUT2D eigenvalue weighted by molar-refractivity contribution is 5.77. The molecule has 0 aromatic rings. The molecule has 258 valence electrons. The lowest BCUT2D eigenvalue weighted by molar-refractivity contribution is -0.582. The van der Waals surface area contributed by atoms with Crippen molar-refractivity contribution in [1.82, 2.24) is 0 Å². The quantitative estimate of drug-likeness (QED) is 0.226. The van der Waals surface area contributed by atoms with Crippen LogP contribution in [0.15, 0.2) is 0 Å². The molecule has 0 aliphatic rings. The fourth-order valence-corrected chi connectivity index (χ4v) is 1.89. The van der Waals surface area contributed by atoms with Gasteiger partial charge in [-0.3, -0.25) is 14.2 Å². The van der Waals surface area contributed by atoms with E-state index in [1.807, 2.05) is 0 Å². The van der Waals surface area contributed by atoms with Crippen molar-refractivity contribution in [2.24, 2.45) is 0 Å². The van der Waals surface area contributed by atoms with Crippen LogP contribution in [0.4, 0.5) is 110 Å². The third-order valence-electron chi connectivity index (χ3n) is 4.04. The Bertz CT molecular complexity index is 1020. The topological polar surface area (TPSA) is 65.0 Å². The molecule has 0 saturated heterocycles. The van der Waals surface area contributed by atoms with Gasteiger partial charge in [-0.05, 0) is 0 Å². The van der Waals surface area contributed by atoms with Gasteiger partial charge in [0.1, 0.15) is 0 Å². The summed E-state index contributed by atoms with van der Waals surface area (Å²) in [5.41, 5.74) is 0. The Morgan fingerprint density at radius 3 is 0.814 bits per heavy atom. The van der Waals surface area contributed by atoms with Crippen LogP contribution >= 0.6 is 0 Å². The molecule has 0 amide bonds. The standard InChI is InChI=1S/C13HF25O5/c14-2(15,1(39)40)4(18,8(24,25)26)41-12(35,36)6(20,10(30,31)32)43-13(37,38)5(19,9(27,28)29)42-11(33,34)3(16,17)7(21,22)23/h(H,39,40). The van der Waals surface area contributed by atoms with Crippen molar-refractivity contribution in [3.05, 3.63) is 0 Å². The first kappa shape index (κ1) is 40.6. The van der Waals surface area contributed by atoms with E-state index in [4.69, 9.17) is 5.11 Å². The van der Waals surface area contributed by atoms with Gasteiger partial charge in [0.05, 0.1) is 0 Å². The highest BCUT2D eigenvalue weighted by Crippen LogP contribution is 2.60. The van der Waals surface area contributed by atoms with E-state index < -0.39 is 78.4 Å². The number of aliphatic carboxylic acids is 1. The van der Waals surface area contributed by atoms with Crippen molar-refractivity contribution >= 4 is 5.97 Å². The molecular weight excluding hydrogens is 711 g/mol. The van der Waals surface area contributed by atoms with E-state index in [0.717, 1.165) is 14.2 Å². The van der Waals surface area contributed by atoms with Crippen LogP contribution in [0.1, 0.15) is 0 Å². The van der Waals surface area contributed by atoms with Gasteiger partial charge in [-0.25, -0.2) is 4.79 Å². The first-order valence-electron chi connectivity index (χ1n) is 8.63. The smallest absolute Gasteiger partial charge is 0.462 e. The Labute approximate surface area is 214 Å². The molecule has 0 heterocycles. The molecule has 0 aromatic carbocycles. The first-order valence-corrected chi connectivity index (χ1v) is 8.63. The molecular formula is C13HF25O5. The SMILES string of the molecule is O=C(O)C(F)(F)C(F)(OC(F)(F)C(F)(OC(F)(F)C(F)(OC(F)(F)C(F)(F)C(F)(F)F)C(F)(F)F)C(F)(F)F)C(F)(F)F. The first-order chi connectivity index (χ1) is 18.1. The average Bonchev–Trinajstić information content (AvgIpc) is 2.68. The van der Waals surface area contributed by atoms with E-state index >= 15 is 0 Å². The van der Waals surface area contributed by atoms with E-state index in [9.17, 15) is 115 Å². The molecule has 1 N–H and O–H groups in total. The van der Waals surface area contributed by atoms with Gasteiger partial charge in [0.15, 0.2) is 0 Å². The van der Waals surface area contributed by atoms with Crippen molar-refractivity contribution in [3.63, 3.8) is 0 Å². The molecule has 0 radical (unpaired) electrons. The maximum absolute atomic E-state index is 14.1. The van der Waals surface area contributed by atoms with E-state index in [-0.39, 0.29) is 0 Å². The minimum atomic E-state index is -8.94. The van der Waals surface area contributed by atoms with E-state index in [1.165, 1.54) is 0 Å². The van der Waals surface area contributed by atoms with Crippen LogP contribution in [0.5, 0.6) is 0 Å². The van der Waals surface area contributed by atoms with Crippen molar-refractivity contribution in [1.29, 1.82) is 0 Å². The molecule has 3 atom stereocenters. The summed E-state index contributed by atoms with van der Waals surface area (Å²) in [7, 11) is 0. The van der Waals surface area contributed by atoms with Gasteiger partial charge in [0, 0.05) is 0 Å². The van der Waals surface area contributed by atoms with Gasteiger partial charge >= 0.3 is 78.4 Å². The van der Waals surface area contributed by atoms with Gasteiger partial charge < -0.3 is 5.11 Å². The molecule has 43 heavy (non-hydrogen) atoms. The number of hydrogen-bond acceptors (Lipinski definition) is 4. The van der Waals surface area contributed by atoms with Gasteiger partial charge in [-0.2, -0.15) is 110 Å². The molecule has 0 fully saturated rings. The maximum atomic E-state index is 14.1. The highest BCUT2D eigenvalue weighted by Gasteiger charge is 2.89. The normalized spacial score (nSPS) is 19.8. The number of carbonyl (C=O) groups is 1. The predicted octanol–water partition coefficient (Wildman–Crippen LogP) is 7.42. The van der Waals surface area contributed by atoms with Crippen molar-refractivity contribution in [3.8, 4) is 0 Å². The number of hydrogen-bond donors (Lipinski definition) is 1. The zero-order chi connectivity index (χ0) is 35.7. The molecule has 0 bridgehead atoms. The van der Waals surface area contributed by atoms with Crippen LogP contribution in [-0.4, -0.2) is 83.5 Å². The van der Waals surface area contributed by atoms with Crippen LogP contribution in [0.3, 0.4) is 0 Å². The molecule has 0 saturated carbocycles. The van der Waals surface area contributed by atoms with Crippen LogP contribution in [0.2, 0.25) is 0 Å². The summed E-state index contributed by atoms with van der Waals surface area (Å²) in [4.78, 5) is 10.1. The van der Waals surface area contributed by atoms with Crippen LogP contribution in [-0.2, 0) is 19.0 Å². The lowest BCUT2D eigenvalue weighted by Crippen LogP contribution is -2.72. The Kier molecular flexibility index (Phi) is 9.75. The summed E-state index contributed by atoms with van der Waals surface area (Å²) in [5, 5.41) is 7.83. The zero-order valence-electron chi connectivity index (χ0n) is 18.0. The fourth-order valence-electron chi connectivity index (χ4n) is 1.89. The second-order valence-corrected chi connectivity index (χ2v) is 7.09. The number of carboxylic acid groups (broad SMARTS) is 1. The number of ether oxygens (including phenoxy) is 3. The van der Waals surface area contributed by atoms with Crippen molar-refractivity contribution < 1.29 is 134 Å². The molecule has 0 aliphatic heterocycles. The highest BCUT2D eigenvalue weighted by atomic mass is 19.4. The van der Waals surface area contributed by atoms with E-state index in [2.05, 4.69) is 0 Å². The summed E-state index contributed by atoms with van der Waals surface area (Å²) < 4.78 is 328. The Hall–Kier alpha value is -2.40. The molecule has 0 rings (SSSR count). The van der Waals surface area contributed by atoms with Crippen LogP contribution in [0.25, 0.3) is 0 Å². The third kappa shape index (κ3) is 6.39. The Balaban J connectivity index is 7.46. The average molecular weight is 712 g/mol. The number of alkyl halides is 25. The number of rotatable bonds is 11. The molecule has 3 unspecified atom stereocenters. The second-order valence-electron chi connectivity index (χ2n) is 7.09. The molecule has 30 heteroatoms. The lowest BCUT2D eigenvalue weighted by atomic mass is 10.1. The minimum Gasteiger partial charge on any atom is -0.477 e. The number of carboxylic acids is 1. The number of halogens is 25. The van der Waals surface area contributed by atoms with Gasteiger partial charge in [-0.15, -0.1) is 0 Å². The lowest BCUT2D eigenvalue weighted by Gasteiger charge is -2.43. The third-order valence-corrected chi connectivity index (χ3v) is 4.04. The summed E-state index contributed by atoms with van der Waals surface area (Å²) in [6, 6.07) is 0.